The number of hydrogen-bond donors (Lipinski definition) is 1. The van der Waals surface area contributed by atoms with E-state index < -0.39 is 0 Å². The highest BCUT2D eigenvalue weighted by Gasteiger charge is 2.60. The maximum absolute atomic E-state index is 12.9. The third-order valence-corrected chi connectivity index (χ3v) is 7.91. The highest BCUT2D eigenvalue weighted by molar-refractivity contribution is 5.81. The monoisotopic (exact) mass is 433 g/mol. The maximum atomic E-state index is 12.9. The second-order valence-electron chi connectivity index (χ2n) is 11.1. The SMILES string of the molecule is CNCN1CC2(CC1=O)CC2CC(C)N1CC(C)(CN(C)CN2CCCC2=O)CC1=O. The number of rotatable bonds is 9. The Labute approximate surface area is 186 Å². The molecule has 1 N–H and O–H groups in total. The van der Waals surface area contributed by atoms with E-state index in [2.05, 4.69) is 36.0 Å². The highest BCUT2D eigenvalue weighted by Crippen LogP contribution is 2.61. The number of amides is 3. The van der Waals surface area contributed by atoms with Crippen LogP contribution in [0.1, 0.15) is 52.4 Å². The largest absolute Gasteiger partial charge is 0.339 e. The van der Waals surface area contributed by atoms with Gasteiger partial charge in [0, 0.05) is 56.9 Å². The van der Waals surface area contributed by atoms with Gasteiger partial charge in [0.05, 0.1) is 13.3 Å². The van der Waals surface area contributed by atoms with Gasteiger partial charge in [0.2, 0.25) is 17.7 Å². The molecular weight excluding hydrogens is 394 g/mol. The molecule has 31 heavy (non-hydrogen) atoms. The van der Waals surface area contributed by atoms with E-state index in [-0.39, 0.29) is 34.6 Å². The van der Waals surface area contributed by atoms with Crippen LogP contribution < -0.4 is 5.32 Å². The summed E-state index contributed by atoms with van der Waals surface area (Å²) in [6.07, 6.45) is 4.94. The molecule has 4 fully saturated rings. The first-order chi connectivity index (χ1) is 14.6. The molecule has 3 amide bonds. The molecule has 1 spiro atoms. The van der Waals surface area contributed by atoms with Crippen LogP contribution in [0.15, 0.2) is 0 Å². The first-order valence-electron chi connectivity index (χ1n) is 11.8. The zero-order valence-corrected chi connectivity index (χ0v) is 19.7. The zero-order valence-electron chi connectivity index (χ0n) is 19.7. The second-order valence-corrected chi connectivity index (χ2v) is 11.1. The summed E-state index contributed by atoms with van der Waals surface area (Å²) in [6.45, 7) is 8.94. The van der Waals surface area contributed by atoms with E-state index in [9.17, 15) is 14.4 Å². The normalized spacial score (nSPS) is 34.2. The van der Waals surface area contributed by atoms with E-state index in [1.165, 1.54) is 0 Å². The minimum atomic E-state index is -0.0863. The molecule has 0 radical (unpaired) electrons. The molecule has 8 nitrogen and oxygen atoms in total. The molecule has 4 unspecified atom stereocenters. The Bertz CT molecular complexity index is 745. The summed E-state index contributed by atoms with van der Waals surface area (Å²) in [5.74, 6) is 1.28. The van der Waals surface area contributed by atoms with Crippen molar-refractivity contribution >= 4 is 17.7 Å². The van der Waals surface area contributed by atoms with Crippen molar-refractivity contribution in [2.24, 2.45) is 16.7 Å². The van der Waals surface area contributed by atoms with Crippen LogP contribution in [0, 0.1) is 16.7 Å². The van der Waals surface area contributed by atoms with Crippen molar-refractivity contribution in [1.29, 1.82) is 0 Å². The van der Waals surface area contributed by atoms with Gasteiger partial charge in [-0.15, -0.1) is 0 Å². The lowest BCUT2D eigenvalue weighted by atomic mass is 9.89. The molecule has 3 saturated heterocycles. The van der Waals surface area contributed by atoms with Crippen molar-refractivity contribution in [1.82, 2.24) is 24.9 Å². The number of likely N-dealkylation sites (tertiary alicyclic amines) is 3. The molecule has 8 heteroatoms. The van der Waals surface area contributed by atoms with E-state index in [0.29, 0.717) is 38.5 Å². The van der Waals surface area contributed by atoms with Gasteiger partial charge >= 0.3 is 0 Å². The van der Waals surface area contributed by atoms with Gasteiger partial charge in [-0.05, 0) is 51.6 Å². The first-order valence-corrected chi connectivity index (χ1v) is 11.8. The Morgan fingerprint density at radius 2 is 1.90 bits per heavy atom. The lowest BCUT2D eigenvalue weighted by molar-refractivity contribution is -0.130. The minimum absolute atomic E-state index is 0.0863. The Kier molecular flexibility index (Phi) is 6.07. The van der Waals surface area contributed by atoms with Crippen LogP contribution in [0.3, 0.4) is 0 Å². The standard InChI is InChI=1S/C23H39N5O3/c1-17(8-18-9-23(18)11-20(30)27(14-23)15-24-3)28-13-22(2,10-21(28)31)12-25(4)16-26-7-5-6-19(26)29/h17-18,24H,5-16H2,1-4H3. The molecule has 0 aromatic heterocycles. The molecule has 3 heterocycles. The molecule has 0 aromatic rings. The van der Waals surface area contributed by atoms with Crippen LogP contribution in [0.5, 0.6) is 0 Å². The van der Waals surface area contributed by atoms with Crippen LogP contribution in [0.4, 0.5) is 0 Å². The molecule has 174 valence electrons. The summed E-state index contributed by atoms with van der Waals surface area (Å²) in [7, 11) is 3.93. The van der Waals surface area contributed by atoms with E-state index in [1.54, 1.807) is 0 Å². The van der Waals surface area contributed by atoms with Crippen LogP contribution in [-0.4, -0.2) is 97.0 Å². The second kappa shape index (κ2) is 8.35. The summed E-state index contributed by atoms with van der Waals surface area (Å²) in [6, 6.07) is 0.206. The van der Waals surface area contributed by atoms with Gasteiger partial charge in [0.25, 0.3) is 0 Å². The summed E-state index contributed by atoms with van der Waals surface area (Å²) in [5.41, 5.74) is 0.0633. The average Bonchev–Trinajstić information content (AvgIpc) is 2.93. The first kappa shape index (κ1) is 22.5. The van der Waals surface area contributed by atoms with E-state index in [4.69, 9.17) is 0 Å². The maximum Gasteiger partial charge on any atom is 0.224 e. The fraction of sp³-hybridized carbons (Fsp3) is 0.870. The van der Waals surface area contributed by atoms with Gasteiger partial charge in [-0.1, -0.05) is 6.92 Å². The Hall–Kier alpha value is -1.67. The van der Waals surface area contributed by atoms with Gasteiger partial charge in [-0.25, -0.2) is 0 Å². The van der Waals surface area contributed by atoms with Crippen molar-refractivity contribution in [3.8, 4) is 0 Å². The molecule has 1 saturated carbocycles. The van der Waals surface area contributed by atoms with Crippen LogP contribution >= 0.6 is 0 Å². The summed E-state index contributed by atoms with van der Waals surface area (Å²) < 4.78 is 0. The molecule has 3 aliphatic heterocycles. The average molecular weight is 434 g/mol. The van der Waals surface area contributed by atoms with E-state index in [0.717, 1.165) is 45.4 Å². The van der Waals surface area contributed by atoms with Gasteiger partial charge in [-0.2, -0.15) is 0 Å². The van der Waals surface area contributed by atoms with Crippen molar-refractivity contribution < 1.29 is 14.4 Å². The predicted octanol–water partition coefficient (Wildman–Crippen LogP) is 0.931. The van der Waals surface area contributed by atoms with Gasteiger partial charge < -0.3 is 20.0 Å². The molecular formula is C23H39N5O3. The number of carbonyl (C=O) groups is 3. The minimum Gasteiger partial charge on any atom is -0.339 e. The quantitative estimate of drug-likeness (QED) is 0.586. The molecule has 1 aliphatic carbocycles. The summed E-state index contributed by atoms with van der Waals surface area (Å²) in [5, 5.41) is 3.09. The molecule has 0 bridgehead atoms. The number of carbonyl (C=O) groups excluding carboxylic acids is 3. The summed E-state index contributed by atoms with van der Waals surface area (Å²) in [4.78, 5) is 45.2. The number of nitrogens with zero attached hydrogens (tertiary/aromatic N) is 4. The van der Waals surface area contributed by atoms with Gasteiger partial charge in [-0.3, -0.25) is 19.3 Å². The fourth-order valence-corrected chi connectivity index (χ4v) is 6.36. The van der Waals surface area contributed by atoms with Gasteiger partial charge in [0.1, 0.15) is 0 Å². The molecule has 0 aromatic carbocycles. The predicted molar refractivity (Wildman–Crippen MR) is 118 cm³/mol. The molecule has 4 atom stereocenters. The van der Waals surface area contributed by atoms with Crippen molar-refractivity contribution in [3.05, 3.63) is 0 Å². The third kappa shape index (κ3) is 4.60. The Balaban J connectivity index is 1.28. The topological polar surface area (TPSA) is 76.2 Å². The number of nitrogens with one attached hydrogen (secondary N) is 1. The van der Waals surface area contributed by atoms with Crippen LogP contribution in [0.25, 0.3) is 0 Å². The lowest BCUT2D eigenvalue weighted by Crippen LogP contribution is -2.43. The Morgan fingerprint density at radius 1 is 1.13 bits per heavy atom. The zero-order chi connectivity index (χ0) is 22.4. The van der Waals surface area contributed by atoms with Crippen molar-refractivity contribution in [2.45, 2.75) is 58.4 Å². The van der Waals surface area contributed by atoms with Crippen molar-refractivity contribution in [2.75, 3.05) is 53.6 Å². The van der Waals surface area contributed by atoms with E-state index >= 15 is 0 Å². The molecule has 4 aliphatic rings. The lowest BCUT2D eigenvalue weighted by Gasteiger charge is -2.33. The fourth-order valence-electron chi connectivity index (χ4n) is 6.36. The summed E-state index contributed by atoms with van der Waals surface area (Å²) >= 11 is 0. The van der Waals surface area contributed by atoms with Crippen molar-refractivity contribution in [3.63, 3.8) is 0 Å². The molecule has 4 rings (SSSR count). The van der Waals surface area contributed by atoms with Gasteiger partial charge in [0.15, 0.2) is 0 Å². The van der Waals surface area contributed by atoms with Crippen LogP contribution in [0.2, 0.25) is 0 Å². The Morgan fingerprint density at radius 3 is 2.58 bits per heavy atom. The smallest absolute Gasteiger partial charge is 0.224 e. The third-order valence-electron chi connectivity index (χ3n) is 7.91. The van der Waals surface area contributed by atoms with Crippen LogP contribution in [-0.2, 0) is 14.4 Å². The highest BCUT2D eigenvalue weighted by atomic mass is 16.2. The number of hydrogen-bond acceptors (Lipinski definition) is 5. The van der Waals surface area contributed by atoms with E-state index in [1.807, 2.05) is 16.8 Å².